The van der Waals surface area contributed by atoms with Crippen molar-refractivity contribution < 1.29 is 9.53 Å². The third-order valence-electron chi connectivity index (χ3n) is 1.53. The van der Waals surface area contributed by atoms with Crippen molar-refractivity contribution in [2.45, 2.75) is 12.5 Å². The molecule has 10 heavy (non-hydrogen) atoms. The molecule has 0 aromatic heterocycles. The van der Waals surface area contributed by atoms with Crippen molar-refractivity contribution in [1.29, 1.82) is 0 Å². The third-order valence-corrected chi connectivity index (χ3v) is 1.53. The first kappa shape index (κ1) is 9.39. The van der Waals surface area contributed by atoms with E-state index in [1.165, 1.54) is 7.11 Å². The van der Waals surface area contributed by atoms with Crippen LogP contribution in [-0.2, 0) is 9.53 Å². The number of methoxy groups -OCH3 is 1. The second-order valence-electron chi connectivity index (χ2n) is 2.38. The maximum absolute atomic E-state index is 10.7. The van der Waals surface area contributed by atoms with E-state index >= 15 is 0 Å². The van der Waals surface area contributed by atoms with Gasteiger partial charge in [-0.3, -0.25) is 4.79 Å². The molecule has 1 atom stereocenters. The maximum Gasteiger partial charge on any atom is 0.239 e. The second kappa shape index (κ2) is 3.53. The van der Waals surface area contributed by atoms with Gasteiger partial charge in [-0.1, -0.05) is 0 Å². The van der Waals surface area contributed by atoms with E-state index in [4.69, 9.17) is 10.5 Å². The van der Waals surface area contributed by atoms with Crippen molar-refractivity contribution in [1.82, 2.24) is 5.32 Å². The quantitative estimate of drug-likeness (QED) is 0.540. The van der Waals surface area contributed by atoms with Gasteiger partial charge in [0.25, 0.3) is 0 Å². The zero-order chi connectivity index (χ0) is 8.20. The predicted octanol–water partition coefficient (Wildman–Crippen LogP) is -0.904. The van der Waals surface area contributed by atoms with Crippen molar-refractivity contribution in [3.8, 4) is 0 Å². The normalized spacial score (nSPS) is 16.3. The van der Waals surface area contributed by atoms with Crippen LogP contribution in [0, 0.1) is 0 Å². The van der Waals surface area contributed by atoms with E-state index in [-0.39, 0.29) is 0 Å². The van der Waals surface area contributed by atoms with Crippen LogP contribution < -0.4 is 11.1 Å². The SMILES string of the molecule is CNC(C)(COC)C(N)=O. The summed E-state index contributed by atoms with van der Waals surface area (Å²) in [5.41, 5.74) is 4.34. The Kier molecular flexibility index (Phi) is 3.32. The lowest BCUT2D eigenvalue weighted by Gasteiger charge is -2.23. The molecule has 60 valence electrons. The molecule has 0 aromatic rings. The molecule has 3 N–H and O–H groups in total. The van der Waals surface area contributed by atoms with E-state index in [1.807, 2.05) is 0 Å². The van der Waals surface area contributed by atoms with Gasteiger partial charge in [-0.2, -0.15) is 0 Å². The number of carbonyl (C=O) groups excluding carboxylic acids is 1. The Morgan fingerprint density at radius 1 is 1.80 bits per heavy atom. The molecular weight excluding hydrogens is 132 g/mol. The number of likely N-dealkylation sites (N-methyl/N-ethyl adjacent to an activating group) is 1. The lowest BCUT2D eigenvalue weighted by atomic mass is 10.0. The first-order chi connectivity index (χ1) is 4.56. The summed E-state index contributed by atoms with van der Waals surface area (Å²) < 4.78 is 4.80. The molecule has 0 radical (unpaired) electrons. The Balaban J connectivity index is 4.08. The summed E-state index contributed by atoms with van der Waals surface area (Å²) in [6, 6.07) is 0. The Bertz CT molecular complexity index is 127. The summed E-state index contributed by atoms with van der Waals surface area (Å²) in [6.07, 6.45) is 0. The Morgan fingerprint density at radius 3 is 2.40 bits per heavy atom. The van der Waals surface area contributed by atoms with E-state index < -0.39 is 11.4 Å². The van der Waals surface area contributed by atoms with Gasteiger partial charge in [0.15, 0.2) is 0 Å². The Hall–Kier alpha value is -0.610. The minimum Gasteiger partial charge on any atom is -0.382 e. The summed E-state index contributed by atoms with van der Waals surface area (Å²) >= 11 is 0. The average Bonchev–Trinajstić information content (AvgIpc) is 1.88. The fourth-order valence-corrected chi connectivity index (χ4v) is 0.555. The van der Waals surface area contributed by atoms with Gasteiger partial charge < -0.3 is 15.8 Å². The lowest BCUT2D eigenvalue weighted by molar-refractivity contribution is -0.125. The number of nitrogens with one attached hydrogen (secondary N) is 1. The highest BCUT2D eigenvalue weighted by Crippen LogP contribution is 2.00. The summed E-state index contributed by atoms with van der Waals surface area (Å²) in [7, 11) is 3.20. The van der Waals surface area contributed by atoms with Crippen molar-refractivity contribution in [2.75, 3.05) is 20.8 Å². The van der Waals surface area contributed by atoms with Gasteiger partial charge in [0, 0.05) is 7.11 Å². The predicted molar refractivity (Wildman–Crippen MR) is 38.5 cm³/mol. The number of rotatable bonds is 4. The zero-order valence-corrected chi connectivity index (χ0v) is 6.60. The van der Waals surface area contributed by atoms with E-state index in [0.717, 1.165) is 0 Å². The van der Waals surface area contributed by atoms with Gasteiger partial charge >= 0.3 is 0 Å². The van der Waals surface area contributed by atoms with E-state index in [2.05, 4.69) is 5.32 Å². The van der Waals surface area contributed by atoms with Gasteiger partial charge in [-0.05, 0) is 14.0 Å². The molecule has 0 saturated heterocycles. The molecule has 0 aliphatic heterocycles. The highest BCUT2D eigenvalue weighted by molar-refractivity contribution is 5.84. The van der Waals surface area contributed by atoms with Gasteiger partial charge in [0.1, 0.15) is 5.54 Å². The van der Waals surface area contributed by atoms with E-state index in [1.54, 1.807) is 14.0 Å². The van der Waals surface area contributed by atoms with Gasteiger partial charge in [-0.15, -0.1) is 0 Å². The number of primary amides is 1. The molecule has 0 spiro atoms. The molecule has 0 aliphatic rings. The number of carbonyl (C=O) groups is 1. The van der Waals surface area contributed by atoms with Crippen LogP contribution in [0.5, 0.6) is 0 Å². The molecule has 0 aromatic carbocycles. The van der Waals surface area contributed by atoms with E-state index in [0.29, 0.717) is 6.61 Å². The second-order valence-corrected chi connectivity index (χ2v) is 2.38. The highest BCUT2D eigenvalue weighted by atomic mass is 16.5. The maximum atomic E-state index is 10.7. The van der Waals surface area contributed by atoms with Crippen molar-refractivity contribution in [3.63, 3.8) is 0 Å². The Labute approximate surface area is 60.7 Å². The van der Waals surface area contributed by atoms with Crippen LogP contribution in [0.2, 0.25) is 0 Å². The first-order valence-electron chi connectivity index (χ1n) is 3.04. The van der Waals surface area contributed by atoms with Gasteiger partial charge in [-0.25, -0.2) is 0 Å². The van der Waals surface area contributed by atoms with Crippen LogP contribution in [0.25, 0.3) is 0 Å². The number of hydrogen-bond acceptors (Lipinski definition) is 3. The van der Waals surface area contributed by atoms with Crippen molar-refractivity contribution >= 4 is 5.91 Å². The monoisotopic (exact) mass is 146 g/mol. The number of ether oxygens (including phenoxy) is 1. The van der Waals surface area contributed by atoms with Crippen LogP contribution in [0.3, 0.4) is 0 Å². The third kappa shape index (κ3) is 1.97. The number of amides is 1. The molecule has 0 rings (SSSR count). The molecule has 1 amide bonds. The van der Waals surface area contributed by atoms with Crippen molar-refractivity contribution in [2.24, 2.45) is 5.73 Å². The number of hydrogen-bond donors (Lipinski definition) is 2. The topological polar surface area (TPSA) is 64.3 Å². The smallest absolute Gasteiger partial charge is 0.239 e. The molecule has 4 heteroatoms. The largest absolute Gasteiger partial charge is 0.382 e. The van der Waals surface area contributed by atoms with Crippen LogP contribution in [0.4, 0.5) is 0 Å². The van der Waals surface area contributed by atoms with Crippen LogP contribution in [0.15, 0.2) is 0 Å². The summed E-state index contributed by atoms with van der Waals surface area (Å²) in [6.45, 7) is 1.98. The minimum atomic E-state index is -0.741. The molecule has 4 nitrogen and oxygen atoms in total. The minimum absolute atomic E-state index is 0.291. The molecule has 0 aliphatic carbocycles. The fraction of sp³-hybridized carbons (Fsp3) is 0.833. The molecule has 0 bridgehead atoms. The van der Waals surface area contributed by atoms with Crippen LogP contribution in [-0.4, -0.2) is 32.2 Å². The molecular formula is C6H14N2O2. The summed E-state index contributed by atoms with van der Waals surface area (Å²) in [5.74, 6) is -0.406. The van der Waals surface area contributed by atoms with Gasteiger partial charge in [0.2, 0.25) is 5.91 Å². The highest BCUT2D eigenvalue weighted by Gasteiger charge is 2.28. The average molecular weight is 146 g/mol. The molecule has 0 heterocycles. The van der Waals surface area contributed by atoms with Crippen LogP contribution in [0.1, 0.15) is 6.92 Å². The van der Waals surface area contributed by atoms with Gasteiger partial charge in [0.05, 0.1) is 6.61 Å². The summed E-state index contributed by atoms with van der Waals surface area (Å²) in [4.78, 5) is 10.7. The van der Waals surface area contributed by atoms with Crippen LogP contribution >= 0.6 is 0 Å². The molecule has 1 unspecified atom stereocenters. The Morgan fingerprint density at radius 2 is 2.30 bits per heavy atom. The lowest BCUT2D eigenvalue weighted by Crippen LogP contribution is -2.54. The van der Waals surface area contributed by atoms with E-state index in [9.17, 15) is 4.79 Å². The molecule has 0 fully saturated rings. The first-order valence-corrected chi connectivity index (χ1v) is 3.04. The number of nitrogens with two attached hydrogens (primary N) is 1. The fourth-order valence-electron chi connectivity index (χ4n) is 0.555. The zero-order valence-electron chi connectivity index (χ0n) is 6.60. The van der Waals surface area contributed by atoms with Crippen molar-refractivity contribution in [3.05, 3.63) is 0 Å². The summed E-state index contributed by atoms with van der Waals surface area (Å²) in [5, 5.41) is 2.78. The standard InChI is InChI=1S/C6H14N2O2/c1-6(8-2,4-10-3)5(7)9/h8H,4H2,1-3H3,(H2,7,9). The molecule has 0 saturated carbocycles.